The van der Waals surface area contributed by atoms with Crippen molar-refractivity contribution >= 4 is 11.0 Å². The van der Waals surface area contributed by atoms with Crippen molar-refractivity contribution in [1.29, 1.82) is 0 Å². The Balaban J connectivity index is 2.20. The summed E-state index contributed by atoms with van der Waals surface area (Å²) in [7, 11) is 3.29. The molecule has 144 valence electrons. The van der Waals surface area contributed by atoms with Crippen molar-refractivity contribution in [2.24, 2.45) is 0 Å². The summed E-state index contributed by atoms with van der Waals surface area (Å²) in [6.45, 7) is 8.81. The predicted molar refractivity (Wildman–Crippen MR) is 108 cm³/mol. The van der Waals surface area contributed by atoms with E-state index in [1.807, 2.05) is 39.0 Å². The Bertz CT molecular complexity index is 1020. The number of H-pyrrole nitrogens is 1. The van der Waals surface area contributed by atoms with Gasteiger partial charge in [-0.05, 0) is 37.5 Å². The van der Waals surface area contributed by atoms with E-state index in [-0.39, 0.29) is 17.5 Å². The quantitative estimate of drug-likeness (QED) is 0.712. The number of aromatic amines is 1. The van der Waals surface area contributed by atoms with Gasteiger partial charge < -0.3 is 19.0 Å². The fourth-order valence-electron chi connectivity index (χ4n) is 3.36. The maximum absolute atomic E-state index is 12.7. The van der Waals surface area contributed by atoms with Gasteiger partial charge in [-0.3, -0.25) is 4.79 Å². The van der Waals surface area contributed by atoms with Gasteiger partial charge in [0.25, 0.3) is 5.56 Å². The normalized spacial score (nSPS) is 12.7. The van der Waals surface area contributed by atoms with Gasteiger partial charge >= 0.3 is 0 Å². The lowest BCUT2D eigenvalue weighted by Crippen LogP contribution is -2.13. The van der Waals surface area contributed by atoms with E-state index >= 15 is 0 Å². The maximum Gasteiger partial charge on any atom is 0.257 e. The van der Waals surface area contributed by atoms with Crippen molar-refractivity contribution in [1.82, 2.24) is 14.5 Å². The zero-order valence-electron chi connectivity index (χ0n) is 16.8. The molecular formula is C21H27N3O3. The lowest BCUT2D eigenvalue weighted by atomic mass is 10.1. The van der Waals surface area contributed by atoms with Crippen LogP contribution in [0.15, 0.2) is 29.2 Å². The number of rotatable bonds is 6. The fourth-order valence-corrected chi connectivity index (χ4v) is 3.36. The average Bonchev–Trinajstić information content (AvgIpc) is 2.96. The monoisotopic (exact) mass is 369 g/mol. The minimum Gasteiger partial charge on any atom is -0.494 e. The molecule has 3 aromatic rings. The first-order valence-corrected chi connectivity index (χ1v) is 9.16. The Hall–Kier alpha value is -2.60. The Kier molecular flexibility index (Phi) is 5.37. The summed E-state index contributed by atoms with van der Waals surface area (Å²) in [5, 5.41) is 0. The summed E-state index contributed by atoms with van der Waals surface area (Å²) < 4.78 is 13.0. The Morgan fingerprint density at radius 3 is 2.56 bits per heavy atom. The van der Waals surface area contributed by atoms with E-state index in [1.165, 1.54) is 0 Å². The van der Waals surface area contributed by atoms with Crippen LogP contribution in [-0.4, -0.2) is 35.4 Å². The van der Waals surface area contributed by atoms with Gasteiger partial charge in [-0.15, -0.1) is 0 Å². The smallest absolute Gasteiger partial charge is 0.257 e. The zero-order valence-corrected chi connectivity index (χ0v) is 16.8. The van der Waals surface area contributed by atoms with Crippen LogP contribution in [0.25, 0.3) is 22.3 Å². The van der Waals surface area contributed by atoms with E-state index in [2.05, 4.69) is 22.7 Å². The van der Waals surface area contributed by atoms with Crippen molar-refractivity contribution < 1.29 is 9.47 Å². The molecule has 0 saturated carbocycles. The molecule has 0 aromatic carbocycles. The second kappa shape index (κ2) is 7.56. The van der Waals surface area contributed by atoms with Gasteiger partial charge in [-0.2, -0.15) is 0 Å². The summed E-state index contributed by atoms with van der Waals surface area (Å²) >= 11 is 0. The molecule has 0 spiro atoms. The SMILES string of the molecule is COCC(C)n1cc(C)c2nc(-c3ccc(C(C)C)[nH]c3=O)c(OC)cc21. The van der Waals surface area contributed by atoms with Crippen molar-refractivity contribution in [3.05, 3.63) is 46.0 Å². The van der Waals surface area contributed by atoms with Crippen LogP contribution < -0.4 is 10.3 Å². The van der Waals surface area contributed by atoms with E-state index in [1.54, 1.807) is 14.2 Å². The third-order valence-electron chi connectivity index (χ3n) is 4.86. The molecule has 0 bridgehead atoms. The molecular weight excluding hydrogens is 342 g/mol. The number of aryl methyl sites for hydroxylation is 1. The lowest BCUT2D eigenvalue weighted by Gasteiger charge is -2.15. The standard InChI is InChI=1S/C21H27N3O3/c1-12(2)16-8-7-15(21(25)22-16)20-18(27-6)9-17-19(23-20)13(3)10-24(17)14(4)11-26-5/h7-10,12,14H,11H2,1-6H3,(H,22,25). The molecule has 0 amide bonds. The largest absolute Gasteiger partial charge is 0.494 e. The highest BCUT2D eigenvalue weighted by Crippen LogP contribution is 2.33. The first-order chi connectivity index (χ1) is 12.9. The molecule has 0 aliphatic heterocycles. The number of ether oxygens (including phenoxy) is 2. The average molecular weight is 369 g/mol. The van der Waals surface area contributed by atoms with Crippen LogP contribution in [0.3, 0.4) is 0 Å². The third kappa shape index (κ3) is 3.49. The Morgan fingerprint density at radius 2 is 1.96 bits per heavy atom. The molecule has 0 aliphatic carbocycles. The van der Waals surface area contributed by atoms with E-state index in [9.17, 15) is 4.79 Å². The van der Waals surface area contributed by atoms with Crippen LogP contribution in [0.4, 0.5) is 0 Å². The molecule has 27 heavy (non-hydrogen) atoms. The summed E-state index contributed by atoms with van der Waals surface area (Å²) in [5.41, 5.74) is 4.69. The maximum atomic E-state index is 12.7. The molecule has 3 heterocycles. The second-order valence-electron chi connectivity index (χ2n) is 7.24. The highest BCUT2D eigenvalue weighted by molar-refractivity contribution is 5.85. The zero-order chi connectivity index (χ0) is 19.7. The van der Waals surface area contributed by atoms with Gasteiger partial charge in [-0.1, -0.05) is 13.8 Å². The number of methoxy groups -OCH3 is 2. The molecule has 1 atom stereocenters. The van der Waals surface area contributed by atoms with E-state index in [0.717, 1.165) is 22.3 Å². The van der Waals surface area contributed by atoms with Gasteiger partial charge in [0.05, 0.1) is 36.4 Å². The Morgan fingerprint density at radius 1 is 1.22 bits per heavy atom. The van der Waals surface area contributed by atoms with Crippen molar-refractivity contribution in [3.8, 4) is 17.0 Å². The van der Waals surface area contributed by atoms with Crippen molar-refractivity contribution in [2.45, 2.75) is 39.7 Å². The number of fused-ring (bicyclic) bond motifs is 1. The van der Waals surface area contributed by atoms with Crippen LogP contribution in [0.1, 0.15) is 44.0 Å². The number of nitrogens with zero attached hydrogens (tertiary/aromatic N) is 2. The van der Waals surface area contributed by atoms with Crippen LogP contribution in [0.2, 0.25) is 0 Å². The first-order valence-electron chi connectivity index (χ1n) is 9.16. The van der Waals surface area contributed by atoms with Gasteiger partial charge in [0.2, 0.25) is 0 Å². The first kappa shape index (κ1) is 19.2. The third-order valence-corrected chi connectivity index (χ3v) is 4.86. The Labute approximate surface area is 159 Å². The van der Waals surface area contributed by atoms with E-state index in [4.69, 9.17) is 14.5 Å². The van der Waals surface area contributed by atoms with Gasteiger partial charge in [-0.25, -0.2) is 4.98 Å². The summed E-state index contributed by atoms with van der Waals surface area (Å²) in [6, 6.07) is 5.88. The van der Waals surface area contributed by atoms with Gasteiger partial charge in [0.15, 0.2) is 0 Å². The number of pyridine rings is 2. The molecule has 6 heteroatoms. The summed E-state index contributed by atoms with van der Waals surface area (Å²) in [4.78, 5) is 20.4. The highest BCUT2D eigenvalue weighted by atomic mass is 16.5. The molecule has 1 unspecified atom stereocenters. The molecule has 6 nitrogen and oxygen atoms in total. The number of hydrogen-bond donors (Lipinski definition) is 1. The summed E-state index contributed by atoms with van der Waals surface area (Å²) in [6.07, 6.45) is 2.07. The predicted octanol–water partition coefficient (Wildman–Crippen LogP) is 4.04. The van der Waals surface area contributed by atoms with Crippen LogP contribution in [0.5, 0.6) is 5.75 Å². The van der Waals surface area contributed by atoms with E-state index in [0.29, 0.717) is 23.6 Å². The fraction of sp³-hybridized carbons (Fsp3) is 0.429. The number of aromatic nitrogens is 3. The van der Waals surface area contributed by atoms with E-state index < -0.39 is 0 Å². The lowest BCUT2D eigenvalue weighted by molar-refractivity contribution is 0.164. The molecule has 0 radical (unpaired) electrons. The minimum absolute atomic E-state index is 0.156. The van der Waals surface area contributed by atoms with Crippen LogP contribution >= 0.6 is 0 Å². The van der Waals surface area contributed by atoms with Gasteiger partial charge in [0, 0.05) is 25.1 Å². The minimum atomic E-state index is -0.156. The summed E-state index contributed by atoms with van der Waals surface area (Å²) in [5.74, 6) is 0.830. The number of nitrogens with one attached hydrogen (secondary N) is 1. The van der Waals surface area contributed by atoms with Crippen molar-refractivity contribution in [3.63, 3.8) is 0 Å². The molecule has 3 aromatic heterocycles. The molecule has 0 fully saturated rings. The molecule has 0 aliphatic rings. The van der Waals surface area contributed by atoms with Gasteiger partial charge in [0.1, 0.15) is 11.4 Å². The molecule has 1 N–H and O–H groups in total. The highest BCUT2D eigenvalue weighted by Gasteiger charge is 2.19. The molecule has 0 saturated heterocycles. The topological polar surface area (TPSA) is 69.1 Å². The molecule has 3 rings (SSSR count). The van der Waals surface area contributed by atoms with Crippen LogP contribution in [-0.2, 0) is 4.74 Å². The second-order valence-corrected chi connectivity index (χ2v) is 7.24. The van der Waals surface area contributed by atoms with Crippen LogP contribution in [0, 0.1) is 6.92 Å². The van der Waals surface area contributed by atoms with Crippen molar-refractivity contribution in [2.75, 3.05) is 20.8 Å². The number of hydrogen-bond acceptors (Lipinski definition) is 4.